The van der Waals surface area contributed by atoms with E-state index in [1.165, 1.54) is 9.36 Å². The summed E-state index contributed by atoms with van der Waals surface area (Å²) in [7, 11) is 1.56. The maximum Gasteiger partial charge on any atom is 0.368 e. The predicted octanol–water partition coefficient (Wildman–Crippen LogP) is 2.24. The lowest BCUT2D eigenvalue weighted by Crippen LogP contribution is -2.23. The molecule has 126 valence electrons. The molecule has 0 bridgehead atoms. The third-order valence-electron chi connectivity index (χ3n) is 3.89. The Morgan fingerprint density at radius 2 is 2.08 bits per heavy atom. The van der Waals surface area contributed by atoms with Crippen LogP contribution in [-0.2, 0) is 13.7 Å². The van der Waals surface area contributed by atoms with Crippen LogP contribution in [0.4, 0.5) is 0 Å². The molecule has 0 aliphatic rings. The Kier molecular flexibility index (Phi) is 3.90. The molecule has 0 spiro atoms. The van der Waals surface area contributed by atoms with E-state index in [0.717, 1.165) is 11.3 Å². The highest BCUT2D eigenvalue weighted by molar-refractivity contribution is 5.38. The van der Waals surface area contributed by atoms with Gasteiger partial charge in [-0.15, -0.1) is 0 Å². The van der Waals surface area contributed by atoms with Gasteiger partial charge in [-0.05, 0) is 48.9 Å². The second-order valence-corrected chi connectivity index (χ2v) is 5.93. The van der Waals surface area contributed by atoms with Crippen LogP contribution in [0.1, 0.15) is 32.5 Å². The van der Waals surface area contributed by atoms with Crippen LogP contribution in [0.5, 0.6) is 5.75 Å². The van der Waals surface area contributed by atoms with Crippen molar-refractivity contribution in [2.24, 2.45) is 7.05 Å². The molecule has 2 aromatic heterocycles. The van der Waals surface area contributed by atoms with Crippen LogP contribution in [-0.4, -0.2) is 24.4 Å². The summed E-state index contributed by atoms with van der Waals surface area (Å²) >= 11 is 0. The summed E-state index contributed by atoms with van der Waals surface area (Å²) < 4.78 is 18.1. The average molecular weight is 329 g/mol. The molecule has 0 amide bonds. The summed E-state index contributed by atoms with van der Waals surface area (Å²) in [5.41, 5.74) is 2.08. The minimum atomic E-state index is -0.308. The number of benzene rings is 1. The number of hydrogen-bond acceptors (Lipinski definition) is 4. The Morgan fingerprint density at radius 3 is 2.71 bits per heavy atom. The largest absolute Gasteiger partial charge is 0.487 e. The lowest BCUT2D eigenvalue weighted by molar-refractivity contribution is 0.289. The summed E-state index contributed by atoms with van der Waals surface area (Å²) in [5.74, 6) is 0.713. The smallest absolute Gasteiger partial charge is 0.368 e. The summed E-state index contributed by atoms with van der Waals surface area (Å²) in [6.07, 6.45) is 1.92. The Labute approximate surface area is 141 Å². The van der Waals surface area contributed by atoms with Crippen molar-refractivity contribution in [2.75, 3.05) is 0 Å². The van der Waals surface area contributed by atoms with Crippen LogP contribution in [0.25, 0.3) is 5.69 Å². The third kappa shape index (κ3) is 2.84. The zero-order chi connectivity index (χ0) is 18.1. The van der Waals surface area contributed by atoms with Crippen LogP contribution in [0.2, 0.25) is 0 Å². The van der Waals surface area contributed by atoms with Crippen molar-refractivity contribution in [3.63, 3.8) is 0 Å². The molecule has 0 aliphatic carbocycles. The number of nitrogens with zero attached hydrogens (tertiary/aromatic N) is 5. The van der Waals surface area contributed by atoms with Gasteiger partial charge in [0.25, 0.3) is 0 Å². The predicted molar refractivity (Wildman–Crippen MR) is 90.5 cm³/mol. The first kappa shape index (κ1) is 14.7. The van der Waals surface area contributed by atoms with Gasteiger partial charge in [0.2, 0.25) is 0 Å². The quantitative estimate of drug-likeness (QED) is 0.720. The van der Waals surface area contributed by atoms with Gasteiger partial charge >= 0.3 is 5.69 Å². The number of hydrogen-bond donors (Lipinski definition) is 0. The van der Waals surface area contributed by atoms with Crippen molar-refractivity contribution in [1.29, 1.82) is 0 Å². The molecule has 0 N–H and O–H groups in total. The number of rotatable bonds is 5. The summed E-state index contributed by atoms with van der Waals surface area (Å²) in [6, 6.07) is 7.73. The van der Waals surface area contributed by atoms with Crippen LogP contribution < -0.4 is 10.4 Å². The molecular formula is C17H21N5O2. The molecule has 3 rings (SSSR count). The number of para-hydroxylation sites is 1. The van der Waals surface area contributed by atoms with E-state index in [1.54, 1.807) is 25.2 Å². The molecule has 2 heterocycles. The van der Waals surface area contributed by atoms with Gasteiger partial charge in [-0.1, -0.05) is 18.2 Å². The lowest BCUT2D eigenvalue weighted by atomic mass is 10.2. The zero-order valence-electron chi connectivity index (χ0n) is 15.2. The highest BCUT2D eigenvalue weighted by Gasteiger charge is 2.17. The molecule has 7 heteroatoms. The lowest BCUT2D eigenvalue weighted by Gasteiger charge is -2.16. The fourth-order valence-corrected chi connectivity index (χ4v) is 2.57. The third-order valence-corrected chi connectivity index (χ3v) is 3.89. The average Bonchev–Trinajstić information content (AvgIpc) is 3.11. The van der Waals surface area contributed by atoms with E-state index in [1.807, 2.05) is 23.8 Å². The first-order chi connectivity index (χ1) is 11.9. The van der Waals surface area contributed by atoms with Gasteiger partial charge in [0, 0.05) is 19.3 Å². The van der Waals surface area contributed by atoms with Gasteiger partial charge in [-0.3, -0.25) is 0 Å². The molecule has 0 saturated heterocycles. The standard InChI is InChI=1S/C17H21N5O2/c1-12(2)21-10-9-14(22-17(23)20(4)18-19-22)15(21)11-24-16-8-6-5-7-13(16)3/h5-10,12H,11H2,1-4H3/i5T. The van der Waals surface area contributed by atoms with Crippen LogP contribution in [0.15, 0.2) is 41.3 Å². The van der Waals surface area contributed by atoms with E-state index in [2.05, 4.69) is 24.3 Å². The summed E-state index contributed by atoms with van der Waals surface area (Å²) in [4.78, 5) is 12.2. The van der Waals surface area contributed by atoms with Gasteiger partial charge in [0.05, 0.1) is 12.8 Å². The van der Waals surface area contributed by atoms with Gasteiger partial charge in [-0.25, -0.2) is 4.79 Å². The van der Waals surface area contributed by atoms with Crippen LogP contribution in [0, 0.1) is 6.92 Å². The second-order valence-electron chi connectivity index (χ2n) is 5.93. The van der Waals surface area contributed by atoms with E-state index in [4.69, 9.17) is 6.11 Å². The zero-order valence-corrected chi connectivity index (χ0v) is 14.2. The van der Waals surface area contributed by atoms with E-state index in [-0.39, 0.29) is 18.3 Å². The van der Waals surface area contributed by atoms with Crippen molar-refractivity contribution < 1.29 is 6.11 Å². The number of ether oxygens (including phenoxy) is 1. The Morgan fingerprint density at radius 1 is 1.29 bits per heavy atom. The van der Waals surface area contributed by atoms with Gasteiger partial charge in [-0.2, -0.15) is 9.36 Å². The van der Waals surface area contributed by atoms with Gasteiger partial charge in [0.1, 0.15) is 12.4 Å². The van der Waals surface area contributed by atoms with E-state index < -0.39 is 0 Å². The topological polar surface area (TPSA) is 66.9 Å². The van der Waals surface area contributed by atoms with Crippen molar-refractivity contribution in [3.05, 3.63) is 58.2 Å². The van der Waals surface area contributed by atoms with E-state index >= 15 is 0 Å². The maximum atomic E-state index is 12.2. The van der Waals surface area contributed by atoms with Crippen molar-refractivity contribution in [1.82, 2.24) is 24.4 Å². The van der Waals surface area contributed by atoms with Crippen LogP contribution >= 0.6 is 0 Å². The van der Waals surface area contributed by atoms with Crippen molar-refractivity contribution in [2.45, 2.75) is 33.4 Å². The summed E-state index contributed by atoms with van der Waals surface area (Å²) in [5, 5.41) is 7.70. The van der Waals surface area contributed by atoms with Crippen molar-refractivity contribution in [3.8, 4) is 11.4 Å². The fourth-order valence-electron chi connectivity index (χ4n) is 2.57. The fraction of sp³-hybridized carbons (Fsp3) is 0.353. The molecular weight excluding hydrogens is 306 g/mol. The highest BCUT2D eigenvalue weighted by Crippen LogP contribution is 2.23. The Bertz CT molecular complexity index is 954. The Hall–Kier alpha value is -2.83. The normalized spacial score (nSPS) is 11.8. The van der Waals surface area contributed by atoms with E-state index in [0.29, 0.717) is 17.5 Å². The first-order valence-corrected chi connectivity index (χ1v) is 7.77. The van der Waals surface area contributed by atoms with Gasteiger partial charge < -0.3 is 9.30 Å². The van der Waals surface area contributed by atoms with E-state index in [9.17, 15) is 4.79 Å². The minimum absolute atomic E-state index is 0.205. The number of tetrazole rings is 1. The van der Waals surface area contributed by atoms with Crippen molar-refractivity contribution >= 4 is 0 Å². The molecule has 0 fully saturated rings. The molecule has 7 nitrogen and oxygen atoms in total. The molecule has 0 atom stereocenters. The summed E-state index contributed by atoms with van der Waals surface area (Å²) in [6.45, 7) is 6.31. The highest BCUT2D eigenvalue weighted by atomic mass is 16.5. The molecule has 0 aliphatic heterocycles. The molecule has 0 unspecified atom stereocenters. The maximum absolute atomic E-state index is 12.2. The molecule has 24 heavy (non-hydrogen) atoms. The second kappa shape index (κ2) is 6.35. The minimum Gasteiger partial charge on any atom is -0.487 e. The van der Waals surface area contributed by atoms with Crippen LogP contribution in [0.3, 0.4) is 0 Å². The Balaban J connectivity index is 1.97. The number of aryl methyl sites for hydroxylation is 2. The number of aromatic nitrogens is 5. The molecule has 3 aromatic rings. The van der Waals surface area contributed by atoms with Gasteiger partial charge in [0.15, 0.2) is 0 Å². The molecule has 0 radical (unpaired) electrons. The molecule has 0 saturated carbocycles. The monoisotopic (exact) mass is 329 g/mol. The first-order valence-electron chi connectivity index (χ1n) is 8.27. The SMILES string of the molecule is [3H]c1ccc(OCc2c(-n3nnn(C)c3=O)ccn2C(C)C)c(C)c1. The molecule has 1 aromatic carbocycles.